The zero-order valence-electron chi connectivity index (χ0n) is 16.6. The van der Waals surface area contributed by atoms with Crippen LogP contribution in [0.5, 0.6) is 5.75 Å². The third-order valence-electron chi connectivity index (χ3n) is 4.92. The van der Waals surface area contributed by atoms with Gasteiger partial charge in [-0.25, -0.2) is 0 Å². The third-order valence-corrected chi connectivity index (χ3v) is 4.92. The lowest BCUT2D eigenvalue weighted by Crippen LogP contribution is -2.41. The van der Waals surface area contributed by atoms with Crippen molar-refractivity contribution in [3.05, 3.63) is 29.3 Å². The molecular weight excluding hydrogens is 441 g/mol. The van der Waals surface area contributed by atoms with Crippen LogP contribution in [0.25, 0.3) is 0 Å². The van der Waals surface area contributed by atoms with Gasteiger partial charge in [0.2, 0.25) is 0 Å². The molecule has 0 spiro atoms. The molecule has 1 aliphatic rings. The van der Waals surface area contributed by atoms with Gasteiger partial charge in [0, 0.05) is 33.4 Å². The van der Waals surface area contributed by atoms with Crippen LogP contribution >= 0.6 is 24.0 Å². The molecule has 0 amide bonds. The van der Waals surface area contributed by atoms with Gasteiger partial charge in [-0.3, -0.25) is 4.99 Å². The highest BCUT2D eigenvalue weighted by Crippen LogP contribution is 2.48. The van der Waals surface area contributed by atoms with Crippen molar-refractivity contribution in [1.82, 2.24) is 10.6 Å². The van der Waals surface area contributed by atoms with Crippen LogP contribution in [-0.4, -0.2) is 46.4 Å². The molecule has 2 rings (SSSR count). The average Bonchev–Trinajstić information content (AvgIpc) is 3.38. The predicted octanol–water partition coefficient (Wildman–Crippen LogP) is 3.54. The van der Waals surface area contributed by atoms with Crippen LogP contribution in [0.4, 0.5) is 0 Å². The summed E-state index contributed by atoms with van der Waals surface area (Å²) in [5.74, 6) is 1.82. The first-order valence-corrected chi connectivity index (χ1v) is 9.28. The Morgan fingerprint density at radius 1 is 1.27 bits per heavy atom. The Balaban J connectivity index is 0.00000338. The summed E-state index contributed by atoms with van der Waals surface area (Å²) in [7, 11) is 3.54. The van der Waals surface area contributed by atoms with Gasteiger partial charge >= 0.3 is 0 Å². The van der Waals surface area contributed by atoms with Gasteiger partial charge in [0.1, 0.15) is 5.75 Å². The van der Waals surface area contributed by atoms with E-state index < -0.39 is 0 Å². The molecule has 0 radical (unpaired) electrons. The molecule has 0 bridgehead atoms. The number of guanidine groups is 1. The molecule has 1 aliphatic carbocycles. The number of aliphatic imine (C=N–C) groups is 1. The number of methoxy groups -OCH3 is 1. The van der Waals surface area contributed by atoms with Gasteiger partial charge in [-0.2, -0.15) is 0 Å². The molecule has 1 aromatic carbocycles. The van der Waals surface area contributed by atoms with Crippen molar-refractivity contribution in [2.24, 2.45) is 10.4 Å². The minimum absolute atomic E-state index is 0. The summed E-state index contributed by atoms with van der Waals surface area (Å²) in [5, 5.41) is 6.89. The van der Waals surface area contributed by atoms with Crippen LogP contribution in [0.15, 0.2) is 23.2 Å². The molecule has 1 aromatic rings. The quantitative estimate of drug-likeness (QED) is 0.235. The maximum atomic E-state index is 5.50. The summed E-state index contributed by atoms with van der Waals surface area (Å²) in [5.41, 5.74) is 2.89. The first-order chi connectivity index (χ1) is 12.1. The molecule has 2 N–H and O–H groups in total. The first-order valence-electron chi connectivity index (χ1n) is 9.28. The van der Waals surface area contributed by atoms with E-state index in [1.54, 1.807) is 7.11 Å². The molecule has 0 saturated heterocycles. The van der Waals surface area contributed by atoms with Gasteiger partial charge in [-0.05, 0) is 56.6 Å². The van der Waals surface area contributed by atoms with Crippen molar-refractivity contribution in [3.8, 4) is 5.75 Å². The van der Waals surface area contributed by atoms with E-state index in [-0.39, 0.29) is 24.0 Å². The molecule has 5 nitrogen and oxygen atoms in total. The van der Waals surface area contributed by atoms with Crippen LogP contribution in [0, 0.1) is 12.3 Å². The molecule has 1 fully saturated rings. The number of benzene rings is 1. The molecule has 26 heavy (non-hydrogen) atoms. The minimum atomic E-state index is 0. The van der Waals surface area contributed by atoms with Gasteiger partial charge < -0.3 is 20.1 Å². The number of nitrogens with one attached hydrogen (secondary N) is 2. The topological polar surface area (TPSA) is 54.9 Å². The van der Waals surface area contributed by atoms with Crippen molar-refractivity contribution in [2.75, 3.05) is 40.5 Å². The van der Waals surface area contributed by atoms with Gasteiger partial charge in [0.05, 0.1) is 7.11 Å². The number of ether oxygens (including phenoxy) is 2. The van der Waals surface area contributed by atoms with E-state index >= 15 is 0 Å². The zero-order valence-corrected chi connectivity index (χ0v) is 18.9. The Kier molecular flexibility index (Phi) is 10.3. The summed E-state index contributed by atoms with van der Waals surface area (Å²) in [6.45, 7) is 7.60. The molecule has 0 aliphatic heterocycles. The van der Waals surface area contributed by atoms with Crippen molar-refractivity contribution in [1.29, 1.82) is 0 Å². The molecular formula is C20H34IN3O2. The van der Waals surface area contributed by atoms with Crippen LogP contribution in [-0.2, 0) is 11.2 Å². The average molecular weight is 475 g/mol. The predicted molar refractivity (Wildman–Crippen MR) is 119 cm³/mol. The summed E-state index contributed by atoms with van der Waals surface area (Å²) < 4.78 is 10.9. The van der Waals surface area contributed by atoms with E-state index in [1.807, 2.05) is 20.0 Å². The smallest absolute Gasteiger partial charge is 0.191 e. The monoisotopic (exact) mass is 475 g/mol. The minimum Gasteiger partial charge on any atom is -0.496 e. The third kappa shape index (κ3) is 7.31. The molecule has 1 saturated carbocycles. The number of nitrogens with zero attached hydrogens (tertiary/aromatic N) is 1. The second kappa shape index (κ2) is 11.6. The largest absolute Gasteiger partial charge is 0.496 e. The summed E-state index contributed by atoms with van der Waals surface area (Å²) in [6.07, 6.45) is 4.60. The molecule has 0 heterocycles. The number of halogens is 1. The normalized spacial score (nSPS) is 15.2. The molecule has 148 valence electrons. The lowest BCUT2D eigenvalue weighted by molar-refractivity contribution is 0.128. The fourth-order valence-corrected chi connectivity index (χ4v) is 3.04. The molecule has 0 unspecified atom stereocenters. The Bertz CT molecular complexity index is 574. The number of rotatable bonds is 10. The standard InChI is InChI=1S/C20H33N3O2.HI/c1-5-25-13-11-20(9-10-20)15-23-19(21-3)22-12-8-17-14-16(2)6-7-18(17)24-4;/h6-7,14H,5,8-13,15H2,1-4H3,(H2,21,22,23);1H. The maximum absolute atomic E-state index is 5.50. The van der Waals surface area contributed by atoms with Crippen LogP contribution in [0.1, 0.15) is 37.3 Å². The summed E-state index contributed by atoms with van der Waals surface area (Å²) in [6, 6.07) is 6.30. The highest BCUT2D eigenvalue weighted by atomic mass is 127. The lowest BCUT2D eigenvalue weighted by atomic mass is 10.0. The van der Waals surface area contributed by atoms with E-state index in [1.165, 1.54) is 24.0 Å². The first kappa shape index (κ1) is 23.0. The second-order valence-electron chi connectivity index (χ2n) is 6.86. The van der Waals surface area contributed by atoms with Crippen molar-refractivity contribution in [2.45, 2.75) is 39.5 Å². The van der Waals surface area contributed by atoms with Crippen LogP contribution < -0.4 is 15.4 Å². The van der Waals surface area contributed by atoms with Gasteiger partial charge in [0.15, 0.2) is 5.96 Å². The van der Waals surface area contributed by atoms with Crippen molar-refractivity contribution in [3.63, 3.8) is 0 Å². The SMILES string of the molecule is CCOCCC1(CNC(=NC)NCCc2cc(C)ccc2OC)CC1.I. The van der Waals surface area contributed by atoms with Crippen LogP contribution in [0.3, 0.4) is 0 Å². The van der Waals surface area contributed by atoms with E-state index in [0.717, 1.165) is 50.9 Å². The second-order valence-corrected chi connectivity index (χ2v) is 6.86. The Morgan fingerprint density at radius 3 is 2.65 bits per heavy atom. The summed E-state index contributed by atoms with van der Waals surface area (Å²) in [4.78, 5) is 4.34. The maximum Gasteiger partial charge on any atom is 0.191 e. The van der Waals surface area contributed by atoms with E-state index in [9.17, 15) is 0 Å². The highest BCUT2D eigenvalue weighted by molar-refractivity contribution is 14.0. The van der Waals surface area contributed by atoms with Crippen molar-refractivity contribution < 1.29 is 9.47 Å². The Labute approximate surface area is 175 Å². The Morgan fingerprint density at radius 2 is 2.04 bits per heavy atom. The van der Waals surface area contributed by atoms with Gasteiger partial charge in [-0.1, -0.05) is 17.7 Å². The Hall–Kier alpha value is -1.02. The van der Waals surface area contributed by atoms with Crippen molar-refractivity contribution >= 4 is 29.9 Å². The number of aryl methyl sites for hydroxylation is 1. The fraction of sp³-hybridized carbons (Fsp3) is 0.650. The van der Waals surface area contributed by atoms with E-state index in [4.69, 9.17) is 9.47 Å². The van der Waals surface area contributed by atoms with E-state index in [2.05, 4.69) is 34.7 Å². The molecule has 6 heteroatoms. The van der Waals surface area contributed by atoms with Crippen LogP contribution in [0.2, 0.25) is 0 Å². The molecule has 0 aromatic heterocycles. The fourth-order valence-electron chi connectivity index (χ4n) is 3.04. The highest BCUT2D eigenvalue weighted by Gasteiger charge is 2.41. The lowest BCUT2D eigenvalue weighted by Gasteiger charge is -2.18. The number of hydrogen-bond acceptors (Lipinski definition) is 3. The zero-order chi connectivity index (χ0) is 18.1. The van der Waals surface area contributed by atoms with E-state index in [0.29, 0.717) is 5.41 Å². The summed E-state index contributed by atoms with van der Waals surface area (Å²) >= 11 is 0. The number of hydrogen-bond donors (Lipinski definition) is 2. The van der Waals surface area contributed by atoms with Gasteiger partial charge in [0.25, 0.3) is 0 Å². The van der Waals surface area contributed by atoms with Gasteiger partial charge in [-0.15, -0.1) is 24.0 Å². The molecule has 0 atom stereocenters.